The van der Waals surface area contributed by atoms with E-state index in [1.54, 1.807) is 0 Å². The lowest BCUT2D eigenvalue weighted by Crippen LogP contribution is -2.37. The minimum absolute atomic E-state index is 0.00904. The number of carbonyl (C=O) groups is 2. The van der Waals surface area contributed by atoms with E-state index in [1.807, 2.05) is 13.0 Å². The van der Waals surface area contributed by atoms with E-state index < -0.39 is 24.1 Å². The van der Waals surface area contributed by atoms with Crippen LogP contribution in [0.4, 0.5) is 0 Å². The van der Waals surface area contributed by atoms with E-state index in [4.69, 9.17) is 5.11 Å². The third-order valence-electron chi connectivity index (χ3n) is 8.30. The van der Waals surface area contributed by atoms with Crippen molar-refractivity contribution in [1.82, 2.24) is 0 Å². The summed E-state index contributed by atoms with van der Waals surface area (Å²) in [4.78, 5) is 23.1. The highest BCUT2D eigenvalue weighted by molar-refractivity contribution is 5.87. The monoisotopic (exact) mass is 432 g/mol. The predicted octanol–water partition coefficient (Wildman–Crippen LogP) is 3.79. The van der Waals surface area contributed by atoms with Gasteiger partial charge in [-0.2, -0.15) is 0 Å². The molecule has 3 rings (SSSR count). The maximum Gasteiger partial charge on any atom is 0.331 e. The Balaban J connectivity index is 1.88. The first-order valence-corrected chi connectivity index (χ1v) is 11.4. The molecule has 6 nitrogen and oxygen atoms in total. The summed E-state index contributed by atoms with van der Waals surface area (Å²) in [7, 11) is 0. The van der Waals surface area contributed by atoms with Crippen LogP contribution in [-0.2, 0) is 9.59 Å². The molecular weight excluding hydrogens is 396 g/mol. The van der Waals surface area contributed by atoms with Crippen molar-refractivity contribution >= 4 is 11.9 Å². The summed E-state index contributed by atoms with van der Waals surface area (Å²) in [5.74, 6) is -1.28. The molecule has 1 saturated carbocycles. The Morgan fingerprint density at radius 2 is 1.87 bits per heavy atom. The first-order valence-electron chi connectivity index (χ1n) is 11.4. The van der Waals surface area contributed by atoms with E-state index >= 15 is 0 Å². The van der Waals surface area contributed by atoms with Gasteiger partial charge in [0.05, 0.1) is 12.2 Å². The molecule has 0 spiro atoms. The first-order chi connectivity index (χ1) is 14.5. The molecular formula is C25H36O6. The Labute approximate surface area is 184 Å². The molecule has 0 aliphatic heterocycles. The summed E-state index contributed by atoms with van der Waals surface area (Å²) in [5, 5.41) is 40.1. The molecule has 0 aromatic rings. The van der Waals surface area contributed by atoms with Crippen molar-refractivity contribution in [2.24, 2.45) is 35.0 Å². The average molecular weight is 433 g/mol. The number of carboxylic acid groups (broad SMARTS) is 2. The zero-order chi connectivity index (χ0) is 23.1. The van der Waals surface area contributed by atoms with Crippen LogP contribution in [0.2, 0.25) is 0 Å². The maximum absolute atomic E-state index is 12.0. The van der Waals surface area contributed by atoms with Gasteiger partial charge in [0.2, 0.25) is 0 Å². The van der Waals surface area contributed by atoms with Crippen molar-refractivity contribution in [2.45, 2.75) is 72.0 Å². The zero-order valence-corrected chi connectivity index (χ0v) is 18.9. The van der Waals surface area contributed by atoms with Gasteiger partial charge in [-0.3, -0.25) is 0 Å². The van der Waals surface area contributed by atoms with Crippen LogP contribution in [0.1, 0.15) is 59.8 Å². The van der Waals surface area contributed by atoms with Crippen molar-refractivity contribution in [3.05, 3.63) is 34.9 Å². The van der Waals surface area contributed by atoms with Crippen molar-refractivity contribution in [2.75, 3.05) is 0 Å². The highest BCUT2D eigenvalue weighted by Crippen LogP contribution is 2.57. The molecule has 0 amide bonds. The highest BCUT2D eigenvalue weighted by Gasteiger charge is 2.49. The Morgan fingerprint density at radius 1 is 1.19 bits per heavy atom. The summed E-state index contributed by atoms with van der Waals surface area (Å²) in [6, 6.07) is 0. The summed E-state index contributed by atoms with van der Waals surface area (Å²) in [6.07, 6.45) is 7.26. The lowest BCUT2D eigenvalue weighted by molar-refractivity contribution is -0.134. The predicted molar refractivity (Wildman–Crippen MR) is 117 cm³/mol. The quantitative estimate of drug-likeness (QED) is 0.375. The fourth-order valence-electron chi connectivity index (χ4n) is 6.28. The van der Waals surface area contributed by atoms with Crippen LogP contribution in [-0.4, -0.2) is 44.6 Å². The largest absolute Gasteiger partial charge is 0.478 e. The van der Waals surface area contributed by atoms with Gasteiger partial charge in [-0.25, -0.2) is 9.59 Å². The Hall–Kier alpha value is -1.92. The van der Waals surface area contributed by atoms with Gasteiger partial charge in [0, 0.05) is 17.1 Å². The van der Waals surface area contributed by atoms with Gasteiger partial charge in [0.25, 0.3) is 0 Å². The number of hydrogen-bond acceptors (Lipinski definition) is 4. The lowest BCUT2D eigenvalue weighted by atomic mass is 9.63. The van der Waals surface area contributed by atoms with E-state index in [-0.39, 0.29) is 28.7 Å². The van der Waals surface area contributed by atoms with Gasteiger partial charge in [0.1, 0.15) is 0 Å². The van der Waals surface area contributed by atoms with Crippen molar-refractivity contribution < 1.29 is 30.0 Å². The number of allylic oxidation sites excluding steroid dienone is 2. The standard InChI is InChI=1S/C25H36O6/c1-13-5-6-17-18(24(30)31)7-8-20-16(9-10-25(20,4)12-19(13)17)15(3)22(27)21(26)11-14(2)23(28)29/h7,9,11,13,15,17,19-22,26-27H,5-6,8,10,12H2,1-4H3,(H,28,29)(H,30,31)/b14-11+,18-7+/t13-,15-,17-,19-,20-,21?,22-,25+/m1/s1. The van der Waals surface area contributed by atoms with Crippen molar-refractivity contribution in [3.8, 4) is 0 Å². The summed E-state index contributed by atoms with van der Waals surface area (Å²) >= 11 is 0. The first kappa shape index (κ1) is 23.7. The van der Waals surface area contributed by atoms with Gasteiger partial charge in [-0.15, -0.1) is 0 Å². The average Bonchev–Trinajstić information content (AvgIpc) is 3.19. The molecule has 1 fully saturated rings. The molecule has 0 radical (unpaired) electrons. The van der Waals surface area contributed by atoms with E-state index in [0.29, 0.717) is 23.8 Å². The summed E-state index contributed by atoms with van der Waals surface area (Å²) < 4.78 is 0. The van der Waals surface area contributed by atoms with E-state index in [1.165, 1.54) is 13.0 Å². The molecule has 172 valence electrons. The van der Waals surface area contributed by atoms with Crippen LogP contribution in [0.15, 0.2) is 34.9 Å². The Morgan fingerprint density at radius 3 is 2.48 bits per heavy atom. The second kappa shape index (κ2) is 8.91. The molecule has 0 aromatic carbocycles. The smallest absolute Gasteiger partial charge is 0.331 e. The molecule has 0 aromatic heterocycles. The molecule has 0 saturated heterocycles. The van der Waals surface area contributed by atoms with Crippen LogP contribution in [0.5, 0.6) is 0 Å². The number of hydrogen-bond donors (Lipinski definition) is 4. The molecule has 3 aliphatic rings. The second-order valence-electron chi connectivity index (χ2n) is 10.3. The van der Waals surface area contributed by atoms with Gasteiger partial charge in [-0.05, 0) is 74.2 Å². The maximum atomic E-state index is 12.0. The van der Waals surface area contributed by atoms with Gasteiger partial charge < -0.3 is 20.4 Å². The molecule has 4 N–H and O–H groups in total. The Bertz CT molecular complexity index is 824. The number of aliphatic hydroxyl groups excluding tert-OH is 2. The summed E-state index contributed by atoms with van der Waals surface area (Å²) in [6.45, 7) is 7.75. The van der Waals surface area contributed by atoms with Crippen LogP contribution < -0.4 is 0 Å². The molecule has 31 heavy (non-hydrogen) atoms. The third kappa shape index (κ3) is 4.51. The topological polar surface area (TPSA) is 115 Å². The number of aliphatic carboxylic acids is 2. The molecule has 1 unspecified atom stereocenters. The Kier molecular flexibility index (Phi) is 6.82. The van der Waals surface area contributed by atoms with Crippen molar-refractivity contribution in [1.29, 1.82) is 0 Å². The van der Waals surface area contributed by atoms with Crippen LogP contribution >= 0.6 is 0 Å². The van der Waals surface area contributed by atoms with Gasteiger partial charge >= 0.3 is 11.9 Å². The normalized spacial score (nSPS) is 37.9. The molecule has 8 atom stereocenters. The number of rotatable bonds is 6. The van der Waals surface area contributed by atoms with Gasteiger partial charge in [-0.1, -0.05) is 38.5 Å². The fourth-order valence-corrected chi connectivity index (χ4v) is 6.28. The highest BCUT2D eigenvalue weighted by atomic mass is 16.4. The number of carboxylic acids is 2. The fraction of sp³-hybridized carbons (Fsp3) is 0.680. The molecule has 6 heteroatoms. The van der Waals surface area contributed by atoms with E-state index in [2.05, 4.69) is 19.9 Å². The zero-order valence-electron chi connectivity index (χ0n) is 18.9. The van der Waals surface area contributed by atoms with Crippen LogP contribution in [0.3, 0.4) is 0 Å². The SMILES string of the molecule is C/C(=C\C(O)[C@H](O)[C@H](C)C1=CC[C@@]2(C)C[C@@H]3[C@H](C)CC[C@@H]3/C(C(=O)O)=C\C[C@H]12)C(=O)O. The minimum atomic E-state index is -1.28. The van der Waals surface area contributed by atoms with Crippen LogP contribution in [0, 0.1) is 35.0 Å². The van der Waals surface area contributed by atoms with Gasteiger partial charge in [0.15, 0.2) is 0 Å². The van der Waals surface area contributed by atoms with E-state index in [9.17, 15) is 24.9 Å². The minimum Gasteiger partial charge on any atom is -0.478 e. The lowest BCUT2D eigenvalue weighted by Gasteiger charge is -2.41. The van der Waals surface area contributed by atoms with Crippen molar-refractivity contribution in [3.63, 3.8) is 0 Å². The molecule has 3 aliphatic carbocycles. The second-order valence-corrected chi connectivity index (χ2v) is 10.3. The summed E-state index contributed by atoms with van der Waals surface area (Å²) in [5.41, 5.74) is 1.56. The molecule has 0 bridgehead atoms. The number of fused-ring (bicyclic) bond motifs is 2. The van der Waals surface area contributed by atoms with E-state index in [0.717, 1.165) is 31.3 Å². The number of aliphatic hydroxyl groups is 2. The molecule has 0 heterocycles. The van der Waals surface area contributed by atoms with Crippen LogP contribution in [0.25, 0.3) is 0 Å². The third-order valence-corrected chi connectivity index (χ3v) is 8.30.